The lowest BCUT2D eigenvalue weighted by atomic mass is 9.67. The van der Waals surface area contributed by atoms with Crippen LogP contribution in [0.4, 0.5) is 0 Å². The van der Waals surface area contributed by atoms with Gasteiger partial charge in [0.05, 0.1) is 5.92 Å². The van der Waals surface area contributed by atoms with Crippen molar-refractivity contribution in [3.05, 3.63) is 0 Å². The van der Waals surface area contributed by atoms with Crippen LogP contribution in [-0.2, 0) is 19.1 Å². The summed E-state index contributed by atoms with van der Waals surface area (Å²) < 4.78 is 5.24. The topological polar surface area (TPSA) is 72.5 Å². The van der Waals surface area contributed by atoms with Crippen LogP contribution in [0.15, 0.2) is 0 Å². The number of carbonyl (C=O) groups is 3. The van der Waals surface area contributed by atoms with E-state index in [1.54, 1.807) is 0 Å². The summed E-state index contributed by atoms with van der Waals surface area (Å²) in [6.07, 6.45) is 8.41. The summed E-state index contributed by atoms with van der Waals surface area (Å²) in [7, 11) is 0. The molecule has 0 heterocycles. The van der Waals surface area contributed by atoms with Crippen molar-refractivity contribution in [2.75, 3.05) is 6.61 Å². The zero-order chi connectivity index (χ0) is 17.1. The largest absolute Gasteiger partial charge is 0.455 e. The van der Waals surface area contributed by atoms with E-state index < -0.39 is 0 Å². The zero-order valence-electron chi connectivity index (χ0n) is 14.6. The maximum absolute atomic E-state index is 12.3. The standard InChI is InChI=1S/C19H29NO4/c1-12-5-7-16(8-6-12)20-17(21)11-24-19(23)15-9-13-3-2-4-14(10-15)18(13)22/h12-16H,2-11H2,1H3,(H,20,21). The third kappa shape index (κ3) is 4.17. The number of Topliss-reactive ketones (excluding diaryl/α,β-unsaturated/α-hetero) is 1. The highest BCUT2D eigenvalue weighted by molar-refractivity contribution is 5.88. The third-order valence-electron chi connectivity index (χ3n) is 6.11. The molecule has 2 bridgehead atoms. The number of fused-ring (bicyclic) bond motifs is 2. The first kappa shape index (κ1) is 17.4. The fraction of sp³-hybridized carbons (Fsp3) is 0.842. The van der Waals surface area contributed by atoms with Gasteiger partial charge in [-0.05, 0) is 57.3 Å². The number of hydrogen-bond acceptors (Lipinski definition) is 4. The Hall–Kier alpha value is -1.39. The van der Waals surface area contributed by atoms with Gasteiger partial charge in [0.15, 0.2) is 6.61 Å². The summed E-state index contributed by atoms with van der Waals surface area (Å²) in [6.45, 7) is 2.05. The van der Waals surface area contributed by atoms with Crippen LogP contribution in [0.25, 0.3) is 0 Å². The molecule has 134 valence electrons. The molecule has 5 heteroatoms. The second kappa shape index (κ2) is 7.66. The van der Waals surface area contributed by atoms with Crippen molar-refractivity contribution in [2.45, 2.75) is 70.8 Å². The van der Waals surface area contributed by atoms with Crippen LogP contribution in [0, 0.1) is 23.7 Å². The average molecular weight is 335 g/mol. The molecule has 3 aliphatic rings. The monoisotopic (exact) mass is 335 g/mol. The number of esters is 1. The van der Waals surface area contributed by atoms with E-state index in [0.29, 0.717) is 18.6 Å². The molecule has 3 saturated carbocycles. The highest BCUT2D eigenvalue weighted by atomic mass is 16.5. The van der Waals surface area contributed by atoms with Gasteiger partial charge >= 0.3 is 5.97 Å². The number of amides is 1. The van der Waals surface area contributed by atoms with Gasteiger partial charge in [-0.2, -0.15) is 0 Å². The molecule has 2 unspecified atom stereocenters. The third-order valence-corrected chi connectivity index (χ3v) is 6.11. The fourth-order valence-corrected chi connectivity index (χ4v) is 4.60. The quantitative estimate of drug-likeness (QED) is 0.802. The molecule has 3 fully saturated rings. The van der Waals surface area contributed by atoms with Crippen LogP contribution in [0.1, 0.15) is 64.7 Å². The van der Waals surface area contributed by atoms with Crippen LogP contribution in [-0.4, -0.2) is 30.3 Å². The molecule has 0 saturated heterocycles. The molecule has 0 aromatic carbocycles. The second-order valence-corrected chi connectivity index (χ2v) is 8.03. The van der Waals surface area contributed by atoms with E-state index in [0.717, 1.165) is 50.9 Å². The SMILES string of the molecule is CC1CCC(NC(=O)COC(=O)C2CC3CCCC(C2)C3=O)CC1. The molecular formula is C19H29NO4. The summed E-state index contributed by atoms with van der Waals surface area (Å²) in [6, 6.07) is 0.221. The Morgan fingerprint density at radius 3 is 2.29 bits per heavy atom. The van der Waals surface area contributed by atoms with Crippen molar-refractivity contribution in [2.24, 2.45) is 23.7 Å². The van der Waals surface area contributed by atoms with Crippen molar-refractivity contribution in [3.63, 3.8) is 0 Å². The van der Waals surface area contributed by atoms with Gasteiger partial charge in [0.2, 0.25) is 0 Å². The van der Waals surface area contributed by atoms with Gasteiger partial charge in [0.1, 0.15) is 5.78 Å². The highest BCUT2D eigenvalue weighted by Gasteiger charge is 2.41. The molecule has 0 aromatic rings. The summed E-state index contributed by atoms with van der Waals surface area (Å²) in [5, 5.41) is 2.97. The first-order valence-electron chi connectivity index (χ1n) is 9.52. The van der Waals surface area contributed by atoms with Gasteiger partial charge in [0, 0.05) is 17.9 Å². The molecule has 1 N–H and O–H groups in total. The number of ketones is 1. The van der Waals surface area contributed by atoms with Crippen molar-refractivity contribution in [1.82, 2.24) is 5.32 Å². The van der Waals surface area contributed by atoms with Gasteiger partial charge in [-0.25, -0.2) is 0 Å². The molecule has 0 aliphatic heterocycles. The van der Waals surface area contributed by atoms with Gasteiger partial charge in [0.25, 0.3) is 5.91 Å². The summed E-state index contributed by atoms with van der Waals surface area (Å²) in [5.74, 6) is 0.448. The Morgan fingerprint density at radius 1 is 1.04 bits per heavy atom. The van der Waals surface area contributed by atoms with Crippen LogP contribution < -0.4 is 5.32 Å². The van der Waals surface area contributed by atoms with Gasteiger partial charge < -0.3 is 10.1 Å². The lowest BCUT2D eigenvalue weighted by molar-refractivity contribution is -0.156. The Kier molecular flexibility index (Phi) is 5.57. The Bertz CT molecular complexity index is 480. The maximum Gasteiger partial charge on any atom is 0.309 e. The predicted molar refractivity (Wildman–Crippen MR) is 89.1 cm³/mol. The molecule has 0 aromatic heterocycles. The van der Waals surface area contributed by atoms with E-state index in [2.05, 4.69) is 12.2 Å². The van der Waals surface area contributed by atoms with E-state index in [1.807, 2.05) is 0 Å². The van der Waals surface area contributed by atoms with E-state index in [9.17, 15) is 14.4 Å². The molecule has 3 aliphatic carbocycles. The molecular weight excluding hydrogens is 306 g/mol. The Morgan fingerprint density at radius 2 is 1.67 bits per heavy atom. The van der Waals surface area contributed by atoms with Crippen molar-refractivity contribution < 1.29 is 19.1 Å². The molecule has 0 spiro atoms. The van der Waals surface area contributed by atoms with Crippen molar-refractivity contribution in [3.8, 4) is 0 Å². The minimum atomic E-state index is -0.299. The smallest absolute Gasteiger partial charge is 0.309 e. The molecule has 1 amide bonds. The highest BCUT2D eigenvalue weighted by Crippen LogP contribution is 2.40. The number of hydrogen-bond donors (Lipinski definition) is 1. The van der Waals surface area contributed by atoms with Crippen LogP contribution in [0.3, 0.4) is 0 Å². The Balaban J connectivity index is 1.40. The van der Waals surface area contributed by atoms with Gasteiger partial charge in [-0.15, -0.1) is 0 Å². The lowest BCUT2D eigenvalue weighted by Gasteiger charge is -2.36. The maximum atomic E-state index is 12.3. The first-order chi connectivity index (χ1) is 11.5. The molecule has 0 radical (unpaired) electrons. The summed E-state index contributed by atoms with van der Waals surface area (Å²) >= 11 is 0. The van der Waals surface area contributed by atoms with Crippen LogP contribution in [0.5, 0.6) is 0 Å². The normalized spacial score (nSPS) is 36.0. The molecule has 24 heavy (non-hydrogen) atoms. The summed E-state index contributed by atoms with van der Waals surface area (Å²) in [4.78, 5) is 36.3. The predicted octanol–water partition coefficient (Wildman–Crippen LogP) is 2.62. The minimum absolute atomic E-state index is 0.0353. The lowest BCUT2D eigenvalue weighted by Crippen LogP contribution is -2.42. The number of rotatable bonds is 4. The van der Waals surface area contributed by atoms with Crippen molar-refractivity contribution >= 4 is 17.7 Å². The number of ether oxygens (including phenoxy) is 1. The van der Waals surface area contributed by atoms with Gasteiger partial charge in [-0.1, -0.05) is 13.3 Å². The molecule has 5 nitrogen and oxygen atoms in total. The molecule has 3 rings (SSSR count). The van der Waals surface area contributed by atoms with Gasteiger partial charge in [-0.3, -0.25) is 14.4 Å². The van der Waals surface area contributed by atoms with E-state index in [4.69, 9.17) is 4.74 Å². The van der Waals surface area contributed by atoms with Crippen LogP contribution in [0.2, 0.25) is 0 Å². The number of nitrogens with one attached hydrogen (secondary N) is 1. The van der Waals surface area contributed by atoms with E-state index in [-0.39, 0.29) is 42.3 Å². The molecule has 2 atom stereocenters. The van der Waals surface area contributed by atoms with Crippen LogP contribution >= 0.6 is 0 Å². The summed E-state index contributed by atoms with van der Waals surface area (Å²) in [5.41, 5.74) is 0. The minimum Gasteiger partial charge on any atom is -0.455 e. The average Bonchev–Trinajstić information content (AvgIpc) is 2.54. The van der Waals surface area contributed by atoms with E-state index >= 15 is 0 Å². The van der Waals surface area contributed by atoms with E-state index in [1.165, 1.54) is 0 Å². The zero-order valence-corrected chi connectivity index (χ0v) is 14.6. The fourth-order valence-electron chi connectivity index (χ4n) is 4.60. The number of carbonyl (C=O) groups excluding carboxylic acids is 3. The Labute approximate surface area is 143 Å². The second-order valence-electron chi connectivity index (χ2n) is 8.03. The first-order valence-corrected chi connectivity index (χ1v) is 9.52. The van der Waals surface area contributed by atoms with Crippen molar-refractivity contribution in [1.29, 1.82) is 0 Å².